The normalized spacial score (nSPS) is 15.0. The Labute approximate surface area is 169 Å². The maximum Gasteiger partial charge on any atom is 0.317 e. The number of aromatic nitrogens is 2. The number of piperidine rings is 1. The molecule has 0 saturated carbocycles. The van der Waals surface area contributed by atoms with E-state index in [1.54, 1.807) is 6.20 Å². The number of hydrogen-bond acceptors (Lipinski definition) is 3. The smallest absolute Gasteiger partial charge is 0.317 e. The van der Waals surface area contributed by atoms with Gasteiger partial charge in [0.05, 0.1) is 0 Å². The molecule has 1 fully saturated rings. The molecule has 0 bridgehead atoms. The van der Waals surface area contributed by atoms with Gasteiger partial charge in [-0.25, -0.2) is 9.78 Å². The number of imidazole rings is 1. The van der Waals surface area contributed by atoms with E-state index < -0.39 is 0 Å². The van der Waals surface area contributed by atoms with Crippen molar-refractivity contribution in [3.8, 4) is 16.9 Å². The largest absolute Gasteiger partial charge is 0.490 e. The van der Waals surface area contributed by atoms with E-state index in [0.29, 0.717) is 11.7 Å². The van der Waals surface area contributed by atoms with Crippen molar-refractivity contribution in [1.82, 2.24) is 19.6 Å². The summed E-state index contributed by atoms with van der Waals surface area (Å²) in [5.41, 5.74) is 2.81. The lowest BCUT2D eigenvalue weighted by molar-refractivity contribution is 0.111. The third-order valence-electron chi connectivity index (χ3n) is 5.03. The van der Waals surface area contributed by atoms with Crippen LogP contribution in [0.3, 0.4) is 0 Å². The van der Waals surface area contributed by atoms with E-state index in [0.717, 1.165) is 48.5 Å². The molecule has 0 aliphatic carbocycles. The van der Waals surface area contributed by atoms with Crippen LogP contribution in [0.4, 0.5) is 4.79 Å². The molecular weight excluding hydrogens is 376 g/mol. The number of nitrogens with zero attached hydrogens (tertiary/aromatic N) is 3. The first kappa shape index (κ1) is 18.6. The van der Waals surface area contributed by atoms with Gasteiger partial charge in [-0.15, -0.1) is 0 Å². The van der Waals surface area contributed by atoms with Crippen LogP contribution in [0.25, 0.3) is 16.8 Å². The van der Waals surface area contributed by atoms with Crippen molar-refractivity contribution < 1.29 is 9.53 Å². The quantitative estimate of drug-likeness (QED) is 0.669. The topological polar surface area (TPSA) is 58.9 Å². The molecule has 2 aromatic heterocycles. The zero-order valence-corrected chi connectivity index (χ0v) is 16.5. The second-order valence-corrected chi connectivity index (χ2v) is 7.22. The molecule has 2 amide bonds. The number of fused-ring (bicyclic) bond motifs is 1. The van der Waals surface area contributed by atoms with Crippen LogP contribution in [0.2, 0.25) is 5.15 Å². The van der Waals surface area contributed by atoms with E-state index >= 15 is 0 Å². The molecule has 0 spiro atoms. The van der Waals surface area contributed by atoms with E-state index in [9.17, 15) is 4.79 Å². The van der Waals surface area contributed by atoms with Gasteiger partial charge >= 0.3 is 6.03 Å². The van der Waals surface area contributed by atoms with Crippen LogP contribution < -0.4 is 10.1 Å². The Kier molecular flexibility index (Phi) is 5.39. The summed E-state index contributed by atoms with van der Waals surface area (Å²) in [7, 11) is 0. The van der Waals surface area contributed by atoms with Gasteiger partial charge in [-0.3, -0.25) is 4.40 Å². The van der Waals surface area contributed by atoms with Gasteiger partial charge in [-0.2, -0.15) is 0 Å². The summed E-state index contributed by atoms with van der Waals surface area (Å²) in [4.78, 5) is 18.0. The zero-order chi connectivity index (χ0) is 19.5. The fourth-order valence-corrected chi connectivity index (χ4v) is 3.84. The minimum Gasteiger partial charge on any atom is -0.490 e. The van der Waals surface area contributed by atoms with Crippen LogP contribution in [0.15, 0.2) is 48.8 Å². The lowest BCUT2D eigenvalue weighted by Crippen LogP contribution is -2.46. The molecule has 1 aliphatic rings. The maximum atomic E-state index is 11.9. The second kappa shape index (κ2) is 8.10. The number of ether oxygens (including phenoxy) is 1. The first-order valence-corrected chi connectivity index (χ1v) is 9.95. The number of pyridine rings is 1. The van der Waals surface area contributed by atoms with Crippen molar-refractivity contribution in [1.29, 1.82) is 0 Å². The number of rotatable bonds is 4. The fraction of sp³-hybridized carbons (Fsp3) is 0.333. The highest BCUT2D eigenvalue weighted by molar-refractivity contribution is 6.32. The highest BCUT2D eigenvalue weighted by Gasteiger charge is 2.23. The second-order valence-electron chi connectivity index (χ2n) is 6.86. The van der Waals surface area contributed by atoms with Gasteiger partial charge in [0.15, 0.2) is 0 Å². The Bertz CT molecular complexity index is 962. The van der Waals surface area contributed by atoms with Crippen LogP contribution in [-0.2, 0) is 0 Å². The Morgan fingerprint density at radius 1 is 1.21 bits per heavy atom. The van der Waals surface area contributed by atoms with E-state index in [4.69, 9.17) is 16.3 Å². The fourth-order valence-electron chi connectivity index (χ4n) is 3.52. The van der Waals surface area contributed by atoms with Crippen molar-refractivity contribution in [2.75, 3.05) is 19.6 Å². The lowest BCUT2D eigenvalue weighted by atomic mass is 10.1. The molecule has 0 unspecified atom stereocenters. The summed E-state index contributed by atoms with van der Waals surface area (Å²) >= 11 is 6.53. The van der Waals surface area contributed by atoms with Crippen LogP contribution in [0.5, 0.6) is 5.75 Å². The number of urea groups is 1. The van der Waals surface area contributed by atoms with Gasteiger partial charge in [0, 0.05) is 50.4 Å². The maximum absolute atomic E-state index is 11.9. The van der Waals surface area contributed by atoms with Crippen LogP contribution in [0, 0.1) is 0 Å². The Hall–Kier alpha value is -2.73. The van der Waals surface area contributed by atoms with Crippen LogP contribution in [-0.4, -0.2) is 46.1 Å². The number of likely N-dealkylation sites (tertiary alicyclic amines) is 1. The minimum absolute atomic E-state index is 0.0112. The van der Waals surface area contributed by atoms with E-state index in [1.807, 2.05) is 58.8 Å². The van der Waals surface area contributed by atoms with Crippen molar-refractivity contribution in [2.45, 2.75) is 25.9 Å². The first-order chi connectivity index (χ1) is 13.7. The summed E-state index contributed by atoms with van der Waals surface area (Å²) in [6.07, 6.45) is 5.39. The number of benzene rings is 1. The molecule has 4 rings (SSSR count). The predicted molar refractivity (Wildman–Crippen MR) is 110 cm³/mol. The summed E-state index contributed by atoms with van der Waals surface area (Å²) in [6.45, 7) is 4.02. The number of nitrogens with one attached hydrogen (secondary N) is 1. The molecule has 1 N–H and O–H groups in total. The van der Waals surface area contributed by atoms with Gasteiger partial charge in [-0.05, 0) is 36.8 Å². The molecule has 3 heterocycles. The molecule has 146 valence electrons. The number of hydrogen-bond donors (Lipinski definition) is 1. The molecule has 0 radical (unpaired) electrons. The van der Waals surface area contributed by atoms with Crippen LogP contribution in [0.1, 0.15) is 19.8 Å². The number of halogens is 1. The Morgan fingerprint density at radius 2 is 1.96 bits per heavy atom. The van der Waals surface area contributed by atoms with Crippen molar-refractivity contribution >= 4 is 23.3 Å². The lowest BCUT2D eigenvalue weighted by Gasteiger charge is -2.32. The highest BCUT2D eigenvalue weighted by Crippen LogP contribution is 2.30. The Balaban J connectivity index is 1.40. The van der Waals surface area contributed by atoms with Crippen molar-refractivity contribution in [3.05, 3.63) is 53.9 Å². The summed E-state index contributed by atoms with van der Waals surface area (Å²) in [6, 6.07) is 11.9. The Morgan fingerprint density at radius 3 is 2.68 bits per heavy atom. The predicted octanol–water partition coefficient (Wildman–Crippen LogP) is 4.23. The molecule has 1 aromatic carbocycles. The zero-order valence-electron chi connectivity index (χ0n) is 15.8. The third-order valence-corrected chi connectivity index (χ3v) is 5.41. The monoisotopic (exact) mass is 398 g/mol. The molecule has 1 saturated heterocycles. The van der Waals surface area contributed by atoms with Crippen LogP contribution >= 0.6 is 11.6 Å². The van der Waals surface area contributed by atoms with Crippen molar-refractivity contribution in [3.63, 3.8) is 0 Å². The number of carbonyl (C=O) groups is 1. The molecule has 1 aliphatic heterocycles. The highest BCUT2D eigenvalue weighted by atomic mass is 35.5. The molecule has 6 nitrogen and oxygen atoms in total. The minimum atomic E-state index is 0.0112. The van der Waals surface area contributed by atoms with E-state index in [2.05, 4.69) is 10.3 Å². The number of carbonyl (C=O) groups excluding carboxylic acids is 1. The average molecular weight is 399 g/mol. The molecule has 28 heavy (non-hydrogen) atoms. The van der Waals surface area contributed by atoms with E-state index in [-0.39, 0.29) is 12.1 Å². The third kappa shape index (κ3) is 3.78. The molecule has 7 heteroatoms. The van der Waals surface area contributed by atoms with E-state index in [1.165, 1.54) is 0 Å². The van der Waals surface area contributed by atoms with Gasteiger partial charge < -0.3 is 15.0 Å². The molecular formula is C21H23ClN4O2. The SMILES string of the molecule is CCNC(=O)N1CCC(Oc2ccc(-c3ccc4nccn4c3Cl)cc2)CC1. The summed E-state index contributed by atoms with van der Waals surface area (Å²) < 4.78 is 7.98. The first-order valence-electron chi connectivity index (χ1n) is 9.57. The van der Waals surface area contributed by atoms with Gasteiger partial charge in [0.2, 0.25) is 0 Å². The van der Waals surface area contributed by atoms with Gasteiger partial charge in [-0.1, -0.05) is 23.7 Å². The molecule has 3 aromatic rings. The van der Waals surface area contributed by atoms with Gasteiger partial charge in [0.1, 0.15) is 22.7 Å². The number of amides is 2. The van der Waals surface area contributed by atoms with Crippen molar-refractivity contribution in [2.24, 2.45) is 0 Å². The average Bonchev–Trinajstić information content (AvgIpc) is 3.20. The molecule has 0 atom stereocenters. The van der Waals surface area contributed by atoms with Gasteiger partial charge in [0.25, 0.3) is 0 Å². The summed E-state index contributed by atoms with van der Waals surface area (Å²) in [5, 5.41) is 3.49. The summed E-state index contributed by atoms with van der Waals surface area (Å²) in [5.74, 6) is 0.833. The standard InChI is InChI=1S/C21H23ClN4O2/c1-2-23-21(27)25-12-9-17(10-13-25)28-16-5-3-15(4-6-16)18-7-8-19-24-11-14-26(19)20(18)22/h3-8,11,14,17H,2,9-10,12-13H2,1H3,(H,23,27).